The van der Waals surface area contributed by atoms with Gasteiger partial charge in [0, 0.05) is 70.1 Å². The van der Waals surface area contributed by atoms with Crippen LogP contribution in [0, 0.1) is 71.0 Å². The zero-order valence-electron chi connectivity index (χ0n) is 58.3. The Morgan fingerprint density at radius 3 is 0.562 bits per heavy atom. The Morgan fingerprint density at radius 1 is 0.281 bits per heavy atom. The van der Waals surface area contributed by atoms with E-state index in [4.69, 9.17) is 18.9 Å². The molecule has 21 rings (SSSR count). The van der Waals surface area contributed by atoms with Gasteiger partial charge in [-0.15, -0.1) is 0 Å². The number of benzene rings is 4. The lowest BCUT2D eigenvalue weighted by atomic mass is 9.53. The summed E-state index contributed by atoms with van der Waals surface area (Å²) in [5.41, 5.74) is 8.21. The van der Waals surface area contributed by atoms with Crippen molar-refractivity contribution in [2.75, 3.05) is 26.4 Å². The normalized spacial score (nSPS) is 34.8. The van der Waals surface area contributed by atoms with Crippen LogP contribution in [-0.4, -0.2) is 72.2 Å². The van der Waals surface area contributed by atoms with Crippen molar-refractivity contribution in [3.63, 3.8) is 0 Å². The number of rotatable bonds is 20. The summed E-state index contributed by atoms with van der Waals surface area (Å²) in [4.78, 5) is 62.9. The molecule has 17 aliphatic carbocycles. The molecular formula is C84H108N4O8. The van der Waals surface area contributed by atoms with Gasteiger partial charge in [0.1, 0.15) is 23.0 Å². The molecule has 4 N–H and O–H groups in total. The molecule has 4 aromatic rings. The Kier molecular flexibility index (Phi) is 16.5. The molecule has 4 amide bonds. The van der Waals surface area contributed by atoms with Gasteiger partial charge in [-0.25, -0.2) is 0 Å². The predicted molar refractivity (Wildman–Crippen MR) is 374 cm³/mol. The molecular weight excluding hydrogens is 1190 g/mol. The second kappa shape index (κ2) is 25.0. The zero-order chi connectivity index (χ0) is 65.2. The molecule has 16 saturated carbocycles. The molecule has 0 atom stereocenters. The summed E-state index contributed by atoms with van der Waals surface area (Å²) < 4.78 is 28.7. The molecule has 4 aromatic carbocycles. The van der Waals surface area contributed by atoms with Crippen LogP contribution in [0.25, 0.3) is 0 Å². The van der Waals surface area contributed by atoms with Crippen molar-refractivity contribution in [2.45, 2.75) is 255 Å². The van der Waals surface area contributed by atoms with E-state index in [0.717, 1.165) is 147 Å². The van der Waals surface area contributed by atoms with Gasteiger partial charge in [0.15, 0.2) is 0 Å². The first kappa shape index (κ1) is 63.4. The van der Waals surface area contributed by atoms with Crippen molar-refractivity contribution >= 4 is 23.6 Å². The van der Waals surface area contributed by atoms with Crippen LogP contribution in [0.5, 0.6) is 23.0 Å². The molecule has 12 heteroatoms. The van der Waals surface area contributed by atoms with Crippen LogP contribution in [0.4, 0.5) is 0 Å². The van der Waals surface area contributed by atoms with Gasteiger partial charge in [-0.2, -0.15) is 0 Å². The molecule has 0 heterocycles. The van der Waals surface area contributed by atoms with E-state index in [1.807, 2.05) is 0 Å². The molecule has 0 unspecified atom stereocenters. The minimum absolute atomic E-state index is 0.0595. The summed E-state index contributed by atoms with van der Waals surface area (Å²) in [6.45, 7) is 10.3. The molecule has 17 aliphatic rings. The lowest BCUT2D eigenvalue weighted by Crippen LogP contribution is -2.59. The number of carbonyl (C=O) groups is 4. The van der Waals surface area contributed by atoms with Gasteiger partial charge in [0.25, 0.3) is 23.6 Å². The van der Waals surface area contributed by atoms with Gasteiger partial charge < -0.3 is 40.2 Å². The predicted octanol–water partition coefficient (Wildman–Crippen LogP) is 16.3. The van der Waals surface area contributed by atoms with Crippen molar-refractivity contribution in [1.82, 2.24) is 21.3 Å². The second-order valence-corrected chi connectivity index (χ2v) is 35.2. The van der Waals surface area contributed by atoms with Gasteiger partial charge >= 0.3 is 0 Å². The highest BCUT2D eigenvalue weighted by Gasteiger charge is 2.56. The minimum Gasteiger partial charge on any atom is -0.493 e. The van der Waals surface area contributed by atoms with Crippen LogP contribution in [0.2, 0.25) is 0 Å². The van der Waals surface area contributed by atoms with Crippen LogP contribution in [0.1, 0.15) is 293 Å². The molecule has 0 spiro atoms. The van der Waals surface area contributed by atoms with Crippen LogP contribution in [0.3, 0.4) is 0 Å². The molecule has 16 fully saturated rings. The summed E-state index contributed by atoms with van der Waals surface area (Å²) in [6, 6.07) is 16.7. The third-order valence-electron chi connectivity index (χ3n) is 27.0. The van der Waals surface area contributed by atoms with Crippen molar-refractivity contribution in [2.24, 2.45) is 71.0 Å². The first-order valence-electron chi connectivity index (χ1n) is 39.0. The van der Waals surface area contributed by atoms with Crippen LogP contribution in [-0.2, 0) is 25.7 Å². The fourth-order valence-electron chi connectivity index (χ4n) is 25.3. The highest BCUT2D eigenvalue weighted by atomic mass is 16.5. The van der Waals surface area contributed by atoms with Crippen LogP contribution >= 0.6 is 0 Å². The van der Waals surface area contributed by atoms with E-state index in [2.05, 4.69) is 97.5 Å². The van der Waals surface area contributed by atoms with E-state index in [-0.39, 0.29) is 45.8 Å². The average Bonchev–Trinajstić information content (AvgIpc) is 0.764. The molecule has 24 bridgehead atoms. The number of hydrogen-bond donors (Lipinski definition) is 4. The number of fused-ring (bicyclic) bond motifs is 8. The Balaban J connectivity index is 0.862. The summed E-state index contributed by atoms with van der Waals surface area (Å²) in [5, 5.41) is 15.1. The maximum Gasteiger partial charge on any atom is 0.251 e. The fourth-order valence-corrected chi connectivity index (χ4v) is 25.3. The lowest BCUT2D eigenvalue weighted by Gasteiger charge is -2.56. The van der Waals surface area contributed by atoms with E-state index < -0.39 is 0 Å². The smallest absolute Gasteiger partial charge is 0.251 e. The number of hydrogen-bond acceptors (Lipinski definition) is 8. The van der Waals surface area contributed by atoms with Gasteiger partial charge in [0.2, 0.25) is 0 Å². The topological polar surface area (TPSA) is 153 Å². The van der Waals surface area contributed by atoms with Gasteiger partial charge in [-0.1, -0.05) is 27.7 Å². The number of carbonyl (C=O) groups excluding carboxylic acids is 4. The molecule has 96 heavy (non-hydrogen) atoms. The van der Waals surface area contributed by atoms with Crippen LogP contribution in [0.15, 0.2) is 48.5 Å². The monoisotopic (exact) mass is 1300 g/mol. The quantitative estimate of drug-likeness (QED) is 0.0601. The summed E-state index contributed by atoms with van der Waals surface area (Å²) >= 11 is 0. The maximum absolute atomic E-state index is 15.7. The van der Waals surface area contributed by atoms with E-state index >= 15 is 19.2 Å². The van der Waals surface area contributed by atoms with Crippen molar-refractivity contribution in [1.29, 1.82) is 0 Å². The second-order valence-electron chi connectivity index (χ2n) is 35.2. The molecule has 0 saturated heterocycles. The Labute approximate surface area is 571 Å². The highest BCUT2D eigenvalue weighted by Crippen LogP contribution is 2.60. The summed E-state index contributed by atoms with van der Waals surface area (Å²) in [6.07, 6.45) is 31.9. The van der Waals surface area contributed by atoms with Crippen molar-refractivity contribution in [3.05, 3.63) is 115 Å². The number of nitrogens with one attached hydrogen (secondary N) is 4. The van der Waals surface area contributed by atoms with Crippen LogP contribution < -0.4 is 40.2 Å². The third kappa shape index (κ3) is 12.2. The Hall–Kier alpha value is -6.04. The van der Waals surface area contributed by atoms with E-state index in [1.165, 1.54) is 77.0 Å². The third-order valence-corrected chi connectivity index (χ3v) is 27.0. The molecule has 0 aromatic heterocycles. The Bertz CT molecular complexity index is 3020. The van der Waals surface area contributed by atoms with Gasteiger partial charge in [-0.3, -0.25) is 19.2 Å². The summed E-state index contributed by atoms with van der Waals surface area (Å²) in [7, 11) is 0. The van der Waals surface area contributed by atoms with Gasteiger partial charge in [-0.05, 0) is 344 Å². The first-order chi connectivity index (χ1) is 46.6. The van der Waals surface area contributed by atoms with E-state index in [9.17, 15) is 0 Å². The number of amides is 4. The van der Waals surface area contributed by atoms with Gasteiger partial charge in [0.05, 0.1) is 26.4 Å². The molecule has 0 aliphatic heterocycles. The highest BCUT2D eigenvalue weighted by molar-refractivity contribution is 5.98. The number of ether oxygens (including phenoxy) is 4. The standard InChI is InChI=1S/C84H108N4O8/c1-5-9-93-73-61-25-63-31-70(78(90)86-82-40-52-16-53(41-82)18-54(17-52)42-82)33-65(74(63)94-10-6-2)27-67-35-72(80(92)88-84-46-58-22-59(47-84)24-60(23-58)48-84)36-68(76(67)96-12-8-4)28-66-34-71(79(91)87-83-43-55-19-56(44-83)21-57(20-55)45-83)32-64(75(66)95-11-7-3)26-62(73)30-69(29-61)77(89)85-81-37-49-13-50(38-81)15-51(14-49)39-81/h29-36,49-60H,5-28,37-48H2,1-4H3,(H,85,89)(H,86,90)(H,87,91)(H,88,92). The molecule has 12 nitrogen and oxygen atoms in total. The first-order valence-corrected chi connectivity index (χ1v) is 39.0. The molecule has 0 radical (unpaired) electrons. The summed E-state index contributed by atoms with van der Waals surface area (Å²) in [5.74, 6) is 10.4. The van der Waals surface area contributed by atoms with E-state index in [1.54, 1.807) is 0 Å². The zero-order valence-corrected chi connectivity index (χ0v) is 58.3. The lowest BCUT2D eigenvalue weighted by molar-refractivity contribution is -0.0171. The minimum atomic E-state index is -0.231. The fraction of sp³-hybridized carbons (Fsp3) is 0.667. The molecule has 512 valence electrons. The van der Waals surface area contributed by atoms with Crippen molar-refractivity contribution in [3.8, 4) is 23.0 Å². The Morgan fingerprint density at radius 2 is 0.427 bits per heavy atom. The maximum atomic E-state index is 15.7. The largest absolute Gasteiger partial charge is 0.493 e. The SMILES string of the molecule is CCCOc1c2cc(C(=O)NC34CC5CC(CC(C5)C3)C4)cc1Cc1cc(C(=O)NC34CC5CC(CC(C5)C3)C4)cc(c1OCCC)Cc1cc(C(=O)NC34CC5CC(CC(C5)C3)C4)cc(c1OCCC)Cc1cc(C(=O)NC34CC5CC(CC(C5)C3)C4)cc(c1OCCC)C2. The van der Waals surface area contributed by atoms with E-state index in [0.29, 0.717) is 168 Å². The van der Waals surface area contributed by atoms with Crippen molar-refractivity contribution < 1.29 is 38.1 Å². The average molecular weight is 1300 g/mol.